The molecule has 6 nitrogen and oxygen atoms in total. The number of aryl methyl sites for hydroxylation is 2. The summed E-state index contributed by atoms with van der Waals surface area (Å²) in [6, 6.07) is 19.1. The first-order valence-electron chi connectivity index (χ1n) is 12.5. The zero-order valence-electron chi connectivity index (χ0n) is 20.8. The fourth-order valence-electron chi connectivity index (χ4n) is 5.18. The van der Waals surface area contributed by atoms with Gasteiger partial charge in [0, 0.05) is 37.4 Å². The summed E-state index contributed by atoms with van der Waals surface area (Å²) in [5.74, 6) is 6.77. The highest BCUT2D eigenvalue weighted by molar-refractivity contribution is 5.92. The number of benzene rings is 2. The first-order valence-corrected chi connectivity index (χ1v) is 12.5. The molecule has 0 atom stereocenters. The van der Waals surface area contributed by atoms with Crippen LogP contribution in [0.3, 0.4) is 0 Å². The van der Waals surface area contributed by atoms with Gasteiger partial charge in [-0.05, 0) is 80.3 Å². The van der Waals surface area contributed by atoms with E-state index in [2.05, 4.69) is 23.2 Å². The highest BCUT2D eigenvalue weighted by atomic mass is 16.3. The summed E-state index contributed by atoms with van der Waals surface area (Å²) in [6.07, 6.45) is 2.73. The topological polar surface area (TPSA) is 65.8 Å². The molecule has 1 spiro atoms. The fraction of sp³-hybridized carbons (Fsp3) is 0.333. The number of carbonyl (C=O) groups excluding carboxylic acids is 2. The lowest BCUT2D eigenvalue weighted by molar-refractivity contribution is 0.0709. The van der Waals surface area contributed by atoms with Gasteiger partial charge in [0.1, 0.15) is 0 Å². The SMILES string of the molecule is Cc1ccc(NC(=O)N2CCC3(CC2)CCN(C(=O)c2ccc(C#Cc4ccccc4)o2)C3)c(C)c1. The Kier molecular flexibility index (Phi) is 6.56. The Hall–Kier alpha value is -3.98. The van der Waals surface area contributed by atoms with Crippen LogP contribution in [0.2, 0.25) is 0 Å². The molecule has 184 valence electrons. The Labute approximate surface area is 212 Å². The van der Waals surface area contributed by atoms with E-state index in [0.29, 0.717) is 37.7 Å². The number of nitrogens with one attached hydrogen (secondary N) is 1. The molecule has 2 saturated heterocycles. The molecule has 0 saturated carbocycles. The number of anilines is 1. The predicted molar refractivity (Wildman–Crippen MR) is 140 cm³/mol. The van der Waals surface area contributed by atoms with Crippen LogP contribution >= 0.6 is 0 Å². The molecule has 36 heavy (non-hydrogen) atoms. The lowest BCUT2D eigenvalue weighted by Crippen LogP contribution is -2.46. The number of carbonyl (C=O) groups is 2. The molecule has 1 aromatic heterocycles. The number of piperidine rings is 1. The van der Waals surface area contributed by atoms with Crippen molar-refractivity contribution in [3.05, 3.63) is 88.9 Å². The van der Waals surface area contributed by atoms with Crippen LogP contribution in [-0.4, -0.2) is 47.9 Å². The lowest BCUT2D eigenvalue weighted by atomic mass is 9.78. The van der Waals surface area contributed by atoms with E-state index in [1.54, 1.807) is 12.1 Å². The molecule has 2 aromatic carbocycles. The molecule has 2 fully saturated rings. The Bertz CT molecular complexity index is 1320. The number of urea groups is 1. The van der Waals surface area contributed by atoms with E-state index < -0.39 is 0 Å². The van der Waals surface area contributed by atoms with E-state index in [9.17, 15) is 9.59 Å². The molecule has 3 aromatic rings. The second-order valence-electron chi connectivity index (χ2n) is 9.99. The van der Waals surface area contributed by atoms with Crippen LogP contribution in [0.4, 0.5) is 10.5 Å². The van der Waals surface area contributed by atoms with Crippen LogP contribution in [-0.2, 0) is 0 Å². The molecule has 2 aliphatic heterocycles. The van der Waals surface area contributed by atoms with Gasteiger partial charge in [-0.25, -0.2) is 4.79 Å². The second kappa shape index (κ2) is 9.94. The summed E-state index contributed by atoms with van der Waals surface area (Å²) in [7, 11) is 0. The van der Waals surface area contributed by atoms with Crippen molar-refractivity contribution in [2.45, 2.75) is 33.1 Å². The maximum absolute atomic E-state index is 13.1. The van der Waals surface area contributed by atoms with Crippen molar-refractivity contribution >= 4 is 17.6 Å². The van der Waals surface area contributed by atoms with Gasteiger partial charge in [-0.1, -0.05) is 41.8 Å². The third-order valence-electron chi connectivity index (χ3n) is 7.38. The minimum atomic E-state index is -0.0883. The van der Waals surface area contributed by atoms with Crippen LogP contribution < -0.4 is 5.32 Å². The van der Waals surface area contributed by atoms with E-state index in [0.717, 1.165) is 36.1 Å². The average molecular weight is 482 g/mol. The molecule has 1 N–H and O–H groups in total. The molecule has 3 heterocycles. The largest absolute Gasteiger partial charge is 0.443 e. The van der Waals surface area contributed by atoms with Crippen molar-refractivity contribution in [3.63, 3.8) is 0 Å². The molecule has 0 bridgehead atoms. The minimum absolute atomic E-state index is 0.0533. The highest BCUT2D eigenvalue weighted by Crippen LogP contribution is 2.41. The quantitative estimate of drug-likeness (QED) is 0.495. The van der Waals surface area contributed by atoms with Crippen LogP contribution in [0.15, 0.2) is 65.1 Å². The number of hydrogen-bond acceptors (Lipinski definition) is 3. The number of rotatable bonds is 2. The van der Waals surface area contributed by atoms with E-state index in [1.165, 1.54) is 5.56 Å². The van der Waals surface area contributed by atoms with Gasteiger partial charge in [0.2, 0.25) is 0 Å². The monoisotopic (exact) mass is 481 g/mol. The van der Waals surface area contributed by atoms with Crippen LogP contribution in [0.25, 0.3) is 0 Å². The number of hydrogen-bond donors (Lipinski definition) is 1. The molecule has 2 aliphatic rings. The van der Waals surface area contributed by atoms with Crippen molar-refractivity contribution in [3.8, 4) is 11.8 Å². The van der Waals surface area contributed by atoms with Crippen molar-refractivity contribution in [1.29, 1.82) is 0 Å². The summed E-state index contributed by atoms with van der Waals surface area (Å²) < 4.78 is 5.75. The lowest BCUT2D eigenvalue weighted by Gasteiger charge is -2.39. The average Bonchev–Trinajstić information content (AvgIpc) is 3.53. The number of nitrogens with zero attached hydrogens (tertiary/aromatic N) is 2. The van der Waals surface area contributed by atoms with Gasteiger partial charge in [-0.15, -0.1) is 0 Å². The normalized spacial score (nSPS) is 16.5. The summed E-state index contributed by atoms with van der Waals surface area (Å²) in [4.78, 5) is 29.7. The Morgan fingerprint density at radius 2 is 1.61 bits per heavy atom. The standard InChI is InChI=1S/C30H31N3O3/c1-22-8-12-26(23(2)20-22)31-29(35)32-17-14-30(15-18-32)16-19-33(21-30)28(34)27-13-11-25(36-27)10-9-24-6-4-3-5-7-24/h3-8,11-13,20H,14-19,21H2,1-2H3,(H,31,35). The molecular weight excluding hydrogens is 450 g/mol. The number of amides is 3. The Morgan fingerprint density at radius 3 is 2.33 bits per heavy atom. The zero-order chi connectivity index (χ0) is 25.1. The summed E-state index contributed by atoms with van der Waals surface area (Å²) in [5, 5.41) is 3.06. The van der Waals surface area contributed by atoms with Crippen LogP contribution in [0, 0.1) is 31.1 Å². The molecule has 5 rings (SSSR count). The van der Waals surface area contributed by atoms with Crippen LogP contribution in [0.1, 0.15) is 52.3 Å². The Balaban J connectivity index is 1.15. The second-order valence-corrected chi connectivity index (χ2v) is 9.99. The van der Waals surface area contributed by atoms with Gasteiger partial charge in [0.25, 0.3) is 5.91 Å². The molecule has 3 amide bonds. The van der Waals surface area contributed by atoms with Gasteiger partial charge in [0.05, 0.1) is 0 Å². The molecular formula is C30H31N3O3. The fourth-order valence-corrected chi connectivity index (χ4v) is 5.18. The van der Waals surface area contributed by atoms with Gasteiger partial charge in [-0.3, -0.25) is 4.79 Å². The predicted octanol–water partition coefficient (Wildman–Crippen LogP) is 5.46. The van der Waals surface area contributed by atoms with Crippen molar-refractivity contribution in [1.82, 2.24) is 9.80 Å². The van der Waals surface area contributed by atoms with Gasteiger partial charge < -0.3 is 19.5 Å². The van der Waals surface area contributed by atoms with E-state index in [-0.39, 0.29) is 17.4 Å². The summed E-state index contributed by atoms with van der Waals surface area (Å²) >= 11 is 0. The first-order chi connectivity index (χ1) is 17.4. The number of furan rings is 1. The summed E-state index contributed by atoms with van der Waals surface area (Å²) in [5.41, 5.74) is 4.06. The molecule has 6 heteroatoms. The van der Waals surface area contributed by atoms with E-state index in [4.69, 9.17) is 4.42 Å². The van der Waals surface area contributed by atoms with Gasteiger partial charge >= 0.3 is 6.03 Å². The van der Waals surface area contributed by atoms with Crippen molar-refractivity contribution < 1.29 is 14.0 Å². The van der Waals surface area contributed by atoms with Crippen molar-refractivity contribution in [2.24, 2.45) is 5.41 Å². The van der Waals surface area contributed by atoms with Crippen LogP contribution in [0.5, 0.6) is 0 Å². The third kappa shape index (κ3) is 5.16. The number of likely N-dealkylation sites (tertiary alicyclic amines) is 2. The van der Waals surface area contributed by atoms with Gasteiger partial charge in [0.15, 0.2) is 11.5 Å². The Morgan fingerprint density at radius 1 is 0.889 bits per heavy atom. The minimum Gasteiger partial charge on any atom is -0.443 e. The smallest absolute Gasteiger partial charge is 0.321 e. The third-order valence-corrected chi connectivity index (χ3v) is 7.38. The van der Waals surface area contributed by atoms with E-state index >= 15 is 0 Å². The van der Waals surface area contributed by atoms with Crippen molar-refractivity contribution in [2.75, 3.05) is 31.5 Å². The van der Waals surface area contributed by atoms with E-state index in [1.807, 2.05) is 66.1 Å². The first kappa shape index (κ1) is 23.7. The molecule has 0 unspecified atom stereocenters. The van der Waals surface area contributed by atoms with Gasteiger partial charge in [-0.2, -0.15) is 0 Å². The molecule has 0 radical (unpaired) electrons. The zero-order valence-corrected chi connectivity index (χ0v) is 20.8. The maximum Gasteiger partial charge on any atom is 0.321 e. The highest BCUT2D eigenvalue weighted by Gasteiger charge is 2.43. The summed E-state index contributed by atoms with van der Waals surface area (Å²) in [6.45, 7) is 6.85. The molecule has 0 aliphatic carbocycles. The maximum atomic E-state index is 13.1.